The molecule has 286 valence electrons. The molecule has 0 amide bonds. The maximum atomic E-state index is 14.4. The summed E-state index contributed by atoms with van der Waals surface area (Å²) in [6, 6.07) is 12.4. The lowest BCUT2D eigenvalue weighted by Gasteiger charge is -2.57. The Morgan fingerprint density at radius 3 is 2.54 bits per heavy atom. The third-order valence-corrected chi connectivity index (χ3v) is 14.8. The number of piperidine rings is 3. The first-order valence-electron chi connectivity index (χ1n) is 19.9. The van der Waals surface area contributed by atoms with Crippen molar-refractivity contribution in [2.24, 2.45) is 23.2 Å². The highest BCUT2D eigenvalue weighted by Gasteiger charge is 2.63. The number of esters is 2. The lowest BCUT2D eigenvalue weighted by atomic mass is 9.56. The van der Waals surface area contributed by atoms with Crippen LogP contribution in [-0.4, -0.2) is 104 Å². The third kappa shape index (κ3) is 4.62. The van der Waals surface area contributed by atoms with Gasteiger partial charge < -0.3 is 29.3 Å². The highest BCUT2D eigenvalue weighted by atomic mass is 16.5. The van der Waals surface area contributed by atoms with Gasteiger partial charge in [-0.25, -0.2) is 0 Å². The lowest BCUT2D eigenvalue weighted by Crippen LogP contribution is -2.67. The van der Waals surface area contributed by atoms with Crippen LogP contribution in [0.5, 0.6) is 5.75 Å². The number of benzene rings is 2. The molecule has 1 unspecified atom stereocenters. The van der Waals surface area contributed by atoms with Crippen LogP contribution >= 0.6 is 0 Å². The number of H-pyrrole nitrogens is 2. The summed E-state index contributed by atoms with van der Waals surface area (Å²) in [5.41, 5.74) is 6.57. The lowest BCUT2D eigenvalue weighted by molar-refractivity contribution is -0.169. The topological polar surface area (TPSA) is 120 Å². The summed E-state index contributed by atoms with van der Waals surface area (Å²) in [6.45, 7) is 6.58. The molecule has 4 aromatic rings. The molecule has 6 heterocycles. The molecule has 0 spiro atoms. The molecule has 0 radical (unpaired) electrons. The average molecular weight is 735 g/mol. The van der Waals surface area contributed by atoms with E-state index in [9.17, 15) is 14.7 Å². The van der Waals surface area contributed by atoms with Crippen LogP contribution in [0.15, 0.2) is 48.0 Å². The first kappa shape index (κ1) is 35.6. The number of fused-ring (bicyclic) bond motifs is 9. The number of aromatic nitrogens is 2. The summed E-state index contributed by atoms with van der Waals surface area (Å²) >= 11 is 0. The molecule has 9 atom stereocenters. The molecule has 2 aromatic carbocycles. The van der Waals surface area contributed by atoms with Gasteiger partial charge in [-0.2, -0.15) is 0 Å². The van der Waals surface area contributed by atoms with Crippen LogP contribution in [0.3, 0.4) is 0 Å². The molecule has 6 aliphatic rings. The minimum absolute atomic E-state index is 0.0694. The summed E-state index contributed by atoms with van der Waals surface area (Å²) in [5, 5.41) is 13.7. The SMILES string of the molecule is C/C=C1/CN(C)[C@H]2Cc3c([nH]c4ccccc34)[C@@H](c3c(OC)ccc4c5c([nH]c34)[C@]3(C(=O)OC)C[C@H]4C[C@H](CC)[C@@H]3N(CC5)C4)C[C@@H]1[C@]2(CO)C(=O)OC. The molecule has 3 N–H and O–H groups in total. The Morgan fingerprint density at radius 1 is 1.02 bits per heavy atom. The number of methoxy groups -OCH3 is 3. The molecule has 1 saturated carbocycles. The van der Waals surface area contributed by atoms with E-state index in [0.717, 1.165) is 94.4 Å². The largest absolute Gasteiger partial charge is 0.496 e. The Balaban J connectivity index is 1.34. The molecule has 3 saturated heterocycles. The molecule has 4 aliphatic heterocycles. The molecule has 2 aliphatic carbocycles. The Morgan fingerprint density at radius 2 is 1.81 bits per heavy atom. The van der Waals surface area contributed by atoms with Gasteiger partial charge in [0, 0.05) is 76.8 Å². The molecule has 6 bridgehead atoms. The van der Waals surface area contributed by atoms with Crippen molar-refractivity contribution in [2.45, 2.75) is 75.8 Å². The van der Waals surface area contributed by atoms with Crippen LogP contribution in [0.4, 0.5) is 0 Å². The van der Waals surface area contributed by atoms with Gasteiger partial charge in [-0.1, -0.05) is 43.2 Å². The highest BCUT2D eigenvalue weighted by molar-refractivity contribution is 5.95. The number of likely N-dealkylation sites (tertiary alicyclic amines) is 1. The quantitative estimate of drug-likeness (QED) is 0.167. The standard InChI is InChI=1S/C44H54N4O6/c1-7-25-17-24-20-43(41(50)53-5)39-29(15-16-48(21-24)40(25)43)28-13-14-34(52-4)36(38(28)46-39)31-18-32-26(8-2)22-47(3)35(44(32,23-49)42(51)54-6)19-30-27-11-9-10-12-33(27)45-37(30)31/h8-14,24-25,31-32,35,40,45-46,49H,7,15-23H2,1-6H3/b26-8-/t24-,25+,31-,32+,35+,40+,43-,44+/m1/s1. The second-order valence-corrected chi connectivity index (χ2v) is 16.8. The predicted molar refractivity (Wildman–Crippen MR) is 208 cm³/mol. The number of nitrogens with one attached hydrogen (secondary N) is 2. The van der Waals surface area contributed by atoms with Crippen LogP contribution in [0, 0.1) is 23.2 Å². The number of hydrogen-bond donors (Lipinski definition) is 3. The summed E-state index contributed by atoms with van der Waals surface area (Å²) < 4.78 is 17.7. The van der Waals surface area contributed by atoms with Gasteiger partial charge in [0.05, 0.1) is 33.5 Å². The van der Waals surface area contributed by atoms with Crippen LogP contribution in [0.25, 0.3) is 21.8 Å². The normalized spacial score (nSPS) is 33.8. The second-order valence-electron chi connectivity index (χ2n) is 16.8. The van der Waals surface area contributed by atoms with E-state index >= 15 is 0 Å². The summed E-state index contributed by atoms with van der Waals surface area (Å²) in [5.74, 6) is 0.479. The van der Waals surface area contributed by atoms with E-state index in [0.29, 0.717) is 31.2 Å². The fraction of sp³-hybridized carbons (Fsp3) is 0.545. The van der Waals surface area contributed by atoms with E-state index in [-0.39, 0.29) is 42.5 Å². The zero-order valence-corrected chi connectivity index (χ0v) is 32.5. The van der Waals surface area contributed by atoms with Crippen LogP contribution in [0.1, 0.15) is 73.5 Å². The molecule has 10 rings (SSSR count). The number of aliphatic hydroxyl groups is 1. The Hall–Kier alpha value is -4.12. The fourth-order valence-corrected chi connectivity index (χ4v) is 12.7. The van der Waals surface area contributed by atoms with Gasteiger partial charge in [-0.15, -0.1) is 0 Å². The zero-order chi connectivity index (χ0) is 37.7. The molecule has 2 aromatic heterocycles. The highest BCUT2D eigenvalue weighted by Crippen LogP contribution is 2.58. The Kier molecular flexibility index (Phi) is 8.56. The fourth-order valence-electron chi connectivity index (χ4n) is 12.7. The first-order valence-corrected chi connectivity index (χ1v) is 19.9. The predicted octanol–water partition coefficient (Wildman–Crippen LogP) is 5.85. The van der Waals surface area contributed by atoms with Crippen molar-refractivity contribution < 1.29 is 28.9 Å². The van der Waals surface area contributed by atoms with Crippen molar-refractivity contribution in [3.05, 3.63) is 76.1 Å². The molecular weight excluding hydrogens is 681 g/mol. The van der Waals surface area contributed by atoms with Gasteiger partial charge in [0.25, 0.3) is 0 Å². The Labute approximate surface area is 317 Å². The average Bonchev–Trinajstić information content (AvgIpc) is 3.73. The number of aliphatic hydroxyl groups excluding tert-OH is 1. The summed E-state index contributed by atoms with van der Waals surface area (Å²) in [7, 11) is 6.76. The van der Waals surface area contributed by atoms with Gasteiger partial charge in [0.1, 0.15) is 16.6 Å². The van der Waals surface area contributed by atoms with Crippen LogP contribution < -0.4 is 4.74 Å². The minimum atomic E-state index is -1.19. The van der Waals surface area contributed by atoms with E-state index in [4.69, 9.17) is 14.2 Å². The Bertz CT molecular complexity index is 2190. The van der Waals surface area contributed by atoms with Crippen molar-refractivity contribution in [1.82, 2.24) is 19.8 Å². The third-order valence-electron chi connectivity index (χ3n) is 14.8. The molecule has 4 fully saturated rings. The van der Waals surface area contributed by atoms with Crippen molar-refractivity contribution in [1.29, 1.82) is 0 Å². The number of carbonyl (C=O) groups excluding carboxylic acids is 2. The summed E-state index contributed by atoms with van der Waals surface area (Å²) in [4.78, 5) is 41.4. The van der Waals surface area contributed by atoms with E-state index in [1.54, 1.807) is 14.2 Å². The van der Waals surface area contributed by atoms with Gasteiger partial charge in [0.15, 0.2) is 0 Å². The molecular formula is C44H54N4O6. The maximum Gasteiger partial charge on any atom is 0.319 e. The van der Waals surface area contributed by atoms with Gasteiger partial charge in [0.2, 0.25) is 0 Å². The van der Waals surface area contributed by atoms with Crippen molar-refractivity contribution in [3.8, 4) is 5.75 Å². The van der Waals surface area contributed by atoms with Crippen molar-refractivity contribution >= 4 is 33.7 Å². The smallest absolute Gasteiger partial charge is 0.319 e. The van der Waals surface area contributed by atoms with E-state index in [1.807, 2.05) is 6.92 Å². The zero-order valence-electron chi connectivity index (χ0n) is 32.5. The number of carbonyl (C=O) groups is 2. The van der Waals surface area contributed by atoms with E-state index in [1.165, 1.54) is 12.7 Å². The summed E-state index contributed by atoms with van der Waals surface area (Å²) in [6.07, 6.45) is 6.99. The van der Waals surface area contributed by atoms with E-state index in [2.05, 4.69) is 76.2 Å². The molecule has 10 heteroatoms. The van der Waals surface area contributed by atoms with E-state index < -0.39 is 10.8 Å². The van der Waals surface area contributed by atoms with Gasteiger partial charge in [-0.05, 0) is 87.2 Å². The second kappa shape index (κ2) is 13.0. The molecule has 10 nitrogen and oxygen atoms in total. The van der Waals surface area contributed by atoms with Gasteiger partial charge in [-0.3, -0.25) is 19.4 Å². The van der Waals surface area contributed by atoms with Crippen LogP contribution in [0.2, 0.25) is 0 Å². The number of likely N-dealkylation sites (N-methyl/N-ethyl adjacent to an activating group) is 1. The van der Waals surface area contributed by atoms with Gasteiger partial charge >= 0.3 is 11.9 Å². The number of allylic oxidation sites excluding steroid dienone is 1. The minimum Gasteiger partial charge on any atom is -0.496 e. The molecule has 54 heavy (non-hydrogen) atoms. The number of rotatable bonds is 6. The number of para-hydroxylation sites is 1. The monoisotopic (exact) mass is 734 g/mol. The number of aromatic amines is 2. The maximum absolute atomic E-state index is 14.4. The number of nitrogens with zero attached hydrogens (tertiary/aromatic N) is 2. The van der Waals surface area contributed by atoms with Crippen LogP contribution in [-0.2, 0) is 37.3 Å². The number of ether oxygens (including phenoxy) is 3. The van der Waals surface area contributed by atoms with Crippen molar-refractivity contribution in [3.63, 3.8) is 0 Å². The van der Waals surface area contributed by atoms with Crippen molar-refractivity contribution in [2.75, 3.05) is 54.6 Å². The first-order chi connectivity index (χ1) is 26.2. The number of hydrogen-bond acceptors (Lipinski definition) is 8.